The largest absolute Gasteiger partial charge is 0.437 e. The van der Waals surface area contributed by atoms with Gasteiger partial charge in [-0.2, -0.15) is 0 Å². The Morgan fingerprint density at radius 1 is 1.15 bits per heavy atom. The lowest BCUT2D eigenvalue weighted by Gasteiger charge is -2.32. The van der Waals surface area contributed by atoms with Crippen LogP contribution >= 0.6 is 0 Å². The van der Waals surface area contributed by atoms with E-state index in [9.17, 15) is 9.59 Å². The fourth-order valence-corrected chi connectivity index (χ4v) is 3.19. The second-order valence-electron chi connectivity index (χ2n) is 6.23. The summed E-state index contributed by atoms with van der Waals surface area (Å²) in [6.07, 6.45) is 3.49. The molecule has 0 saturated carbocycles. The predicted molar refractivity (Wildman–Crippen MR) is 98.2 cm³/mol. The lowest BCUT2D eigenvalue weighted by atomic mass is 9.92. The number of carbonyl (C=O) groups excluding carboxylic acids is 2. The molecule has 0 bridgehead atoms. The number of primary amides is 1. The molecule has 0 unspecified atom stereocenters. The van der Waals surface area contributed by atoms with Crippen molar-refractivity contribution >= 4 is 34.7 Å². The van der Waals surface area contributed by atoms with E-state index in [0.717, 1.165) is 16.8 Å². The highest BCUT2D eigenvalue weighted by atomic mass is 16.3. The van der Waals surface area contributed by atoms with E-state index in [1.165, 1.54) is 6.08 Å². The maximum Gasteiger partial charge on any atom is 0.251 e. The number of amides is 2. The fourth-order valence-electron chi connectivity index (χ4n) is 3.19. The van der Waals surface area contributed by atoms with E-state index < -0.39 is 11.8 Å². The van der Waals surface area contributed by atoms with Gasteiger partial charge in [0.25, 0.3) is 5.91 Å². The molecule has 1 atom stereocenters. The van der Waals surface area contributed by atoms with E-state index in [2.05, 4.69) is 4.98 Å². The highest BCUT2D eigenvalue weighted by molar-refractivity contribution is 6.05. The third-order valence-corrected chi connectivity index (χ3v) is 4.50. The average molecular weight is 347 g/mol. The summed E-state index contributed by atoms with van der Waals surface area (Å²) in [6, 6.07) is 14.9. The highest BCUT2D eigenvalue weighted by Gasteiger charge is 2.30. The average Bonchev–Trinajstić information content (AvgIpc) is 3.08. The van der Waals surface area contributed by atoms with E-state index >= 15 is 0 Å². The third-order valence-electron chi connectivity index (χ3n) is 4.50. The number of oxazole rings is 1. The van der Waals surface area contributed by atoms with Crippen LogP contribution in [0, 0.1) is 5.92 Å². The summed E-state index contributed by atoms with van der Waals surface area (Å²) in [5.74, 6) is -0.686. The summed E-state index contributed by atoms with van der Waals surface area (Å²) < 4.78 is 5.59. The molecule has 0 fully saturated rings. The van der Waals surface area contributed by atoms with E-state index in [4.69, 9.17) is 10.2 Å². The molecular formula is C20H17N3O3. The third kappa shape index (κ3) is 2.97. The maximum atomic E-state index is 12.7. The summed E-state index contributed by atoms with van der Waals surface area (Å²) in [4.78, 5) is 30.3. The Morgan fingerprint density at radius 3 is 2.73 bits per heavy atom. The molecule has 2 amide bonds. The molecule has 2 aromatic carbocycles. The van der Waals surface area contributed by atoms with Crippen molar-refractivity contribution in [1.29, 1.82) is 0 Å². The lowest BCUT2D eigenvalue weighted by Crippen LogP contribution is -2.43. The summed E-state index contributed by atoms with van der Waals surface area (Å²) >= 11 is 0. The van der Waals surface area contributed by atoms with Gasteiger partial charge in [-0.1, -0.05) is 30.3 Å². The van der Waals surface area contributed by atoms with Gasteiger partial charge in [-0.15, -0.1) is 0 Å². The summed E-state index contributed by atoms with van der Waals surface area (Å²) in [7, 11) is 0. The van der Waals surface area contributed by atoms with Crippen LogP contribution in [0.2, 0.25) is 0 Å². The van der Waals surface area contributed by atoms with E-state index in [1.54, 1.807) is 11.0 Å². The first-order valence-electron chi connectivity index (χ1n) is 8.34. The molecule has 0 spiro atoms. The number of hydrogen-bond acceptors (Lipinski definition) is 4. The monoisotopic (exact) mass is 347 g/mol. The van der Waals surface area contributed by atoms with Crippen LogP contribution in [0.5, 0.6) is 0 Å². The number of carbonyl (C=O) groups is 2. The second-order valence-corrected chi connectivity index (χ2v) is 6.23. The standard InChI is InChI=1S/C20H17N3O3/c21-20(25)14-11-13-5-1-3-7-16(13)23(12-14)19(24)10-9-18-22-15-6-2-4-8-17(15)26-18/h1-10,14H,11-12H2,(H2,21,25)/b10-9-/t14-/m1/s1. The fraction of sp³-hybridized carbons (Fsp3) is 0.150. The van der Waals surface area contributed by atoms with Crippen LogP contribution in [0.1, 0.15) is 11.5 Å². The van der Waals surface area contributed by atoms with Gasteiger partial charge in [0.2, 0.25) is 11.8 Å². The molecule has 1 aromatic heterocycles. The van der Waals surface area contributed by atoms with Crippen molar-refractivity contribution in [2.45, 2.75) is 6.42 Å². The zero-order valence-electron chi connectivity index (χ0n) is 14.0. The van der Waals surface area contributed by atoms with E-state index in [-0.39, 0.29) is 12.5 Å². The summed E-state index contributed by atoms with van der Waals surface area (Å²) in [6.45, 7) is 0.267. The normalized spacial score (nSPS) is 16.8. The van der Waals surface area contributed by atoms with Gasteiger partial charge in [-0.05, 0) is 30.2 Å². The van der Waals surface area contributed by atoms with Gasteiger partial charge in [0.1, 0.15) is 5.52 Å². The quantitative estimate of drug-likeness (QED) is 0.737. The minimum atomic E-state index is -0.403. The van der Waals surface area contributed by atoms with Gasteiger partial charge in [-0.3, -0.25) is 9.59 Å². The van der Waals surface area contributed by atoms with Gasteiger partial charge in [0, 0.05) is 24.4 Å². The first-order chi connectivity index (χ1) is 12.6. The molecule has 130 valence electrons. The second kappa shape index (κ2) is 6.48. The number of aromatic nitrogens is 1. The Kier molecular flexibility index (Phi) is 4.01. The van der Waals surface area contributed by atoms with Gasteiger partial charge in [0.05, 0.1) is 5.92 Å². The molecule has 0 radical (unpaired) electrons. The van der Waals surface area contributed by atoms with Crippen molar-refractivity contribution in [2.24, 2.45) is 11.7 Å². The molecule has 0 saturated heterocycles. The van der Waals surface area contributed by atoms with Crippen molar-refractivity contribution in [1.82, 2.24) is 4.98 Å². The lowest BCUT2D eigenvalue weighted by molar-refractivity contribution is -0.121. The molecule has 6 nitrogen and oxygen atoms in total. The molecule has 0 aliphatic carbocycles. The minimum Gasteiger partial charge on any atom is -0.437 e. The Hall–Kier alpha value is -3.41. The number of para-hydroxylation sites is 3. The summed E-state index contributed by atoms with van der Waals surface area (Å²) in [5, 5.41) is 0. The Labute approximate surface area is 149 Å². The number of benzene rings is 2. The Balaban J connectivity index is 1.61. The van der Waals surface area contributed by atoms with Crippen LogP contribution in [0.25, 0.3) is 17.2 Å². The molecule has 2 heterocycles. The van der Waals surface area contributed by atoms with E-state index in [1.807, 2.05) is 48.5 Å². The number of nitrogens with zero attached hydrogens (tertiary/aromatic N) is 2. The number of anilines is 1. The van der Waals surface area contributed by atoms with Crippen molar-refractivity contribution in [2.75, 3.05) is 11.4 Å². The van der Waals surface area contributed by atoms with Crippen LogP contribution in [-0.2, 0) is 16.0 Å². The van der Waals surface area contributed by atoms with Gasteiger partial charge in [0.15, 0.2) is 5.58 Å². The van der Waals surface area contributed by atoms with Crippen LogP contribution in [-0.4, -0.2) is 23.3 Å². The first-order valence-corrected chi connectivity index (χ1v) is 8.34. The first kappa shape index (κ1) is 16.1. The number of fused-ring (bicyclic) bond motifs is 2. The van der Waals surface area contributed by atoms with Crippen molar-refractivity contribution in [3.05, 3.63) is 66.1 Å². The van der Waals surface area contributed by atoms with Gasteiger partial charge >= 0.3 is 0 Å². The van der Waals surface area contributed by atoms with Crippen molar-refractivity contribution < 1.29 is 14.0 Å². The molecule has 26 heavy (non-hydrogen) atoms. The maximum absolute atomic E-state index is 12.7. The van der Waals surface area contributed by atoms with Crippen LogP contribution in [0.4, 0.5) is 5.69 Å². The van der Waals surface area contributed by atoms with Gasteiger partial charge in [-0.25, -0.2) is 4.98 Å². The highest BCUT2D eigenvalue weighted by Crippen LogP contribution is 2.30. The minimum absolute atomic E-state index is 0.245. The molecular weight excluding hydrogens is 330 g/mol. The molecule has 4 rings (SSSR count). The number of hydrogen-bond donors (Lipinski definition) is 1. The Morgan fingerprint density at radius 2 is 1.92 bits per heavy atom. The molecule has 1 aliphatic rings. The molecule has 3 aromatic rings. The topological polar surface area (TPSA) is 89.4 Å². The van der Waals surface area contributed by atoms with Crippen LogP contribution < -0.4 is 10.6 Å². The van der Waals surface area contributed by atoms with Crippen LogP contribution in [0.15, 0.2) is 59.0 Å². The van der Waals surface area contributed by atoms with Crippen molar-refractivity contribution in [3.63, 3.8) is 0 Å². The zero-order valence-corrected chi connectivity index (χ0v) is 14.0. The molecule has 6 heteroatoms. The van der Waals surface area contributed by atoms with Crippen molar-refractivity contribution in [3.8, 4) is 0 Å². The molecule has 1 aliphatic heterocycles. The SMILES string of the molecule is NC(=O)[C@@H]1Cc2ccccc2N(C(=O)/C=C\c2nc3ccccc3o2)C1. The number of rotatable bonds is 3. The Bertz CT molecular complexity index is 989. The van der Waals surface area contributed by atoms with Gasteiger partial charge < -0.3 is 15.1 Å². The molecule has 2 N–H and O–H groups in total. The predicted octanol–water partition coefficient (Wildman–Crippen LogP) is 2.53. The van der Waals surface area contributed by atoms with E-state index in [0.29, 0.717) is 17.9 Å². The zero-order chi connectivity index (χ0) is 18.1. The smallest absolute Gasteiger partial charge is 0.251 e. The number of nitrogens with two attached hydrogens (primary N) is 1. The summed E-state index contributed by atoms with van der Waals surface area (Å²) in [5.41, 5.74) is 8.61. The van der Waals surface area contributed by atoms with Crippen LogP contribution in [0.3, 0.4) is 0 Å².